The summed E-state index contributed by atoms with van der Waals surface area (Å²) in [5, 5.41) is 9.77. The molecule has 4 heteroatoms. The van der Waals surface area contributed by atoms with Crippen LogP contribution in [-0.4, -0.2) is 10.7 Å². The highest BCUT2D eigenvalue weighted by Crippen LogP contribution is 2.41. The Morgan fingerprint density at radius 1 is 1.40 bits per heavy atom. The molecule has 1 saturated carbocycles. The van der Waals surface area contributed by atoms with Crippen molar-refractivity contribution in [3.8, 4) is 0 Å². The van der Waals surface area contributed by atoms with Gasteiger partial charge in [-0.15, -0.1) is 0 Å². The molecule has 0 aromatic heterocycles. The zero-order valence-corrected chi connectivity index (χ0v) is 8.77. The quantitative estimate of drug-likeness (QED) is 0.848. The van der Waals surface area contributed by atoms with Crippen molar-refractivity contribution in [1.29, 1.82) is 0 Å². The first kappa shape index (κ1) is 10.8. The Morgan fingerprint density at radius 3 is 2.60 bits per heavy atom. The van der Waals surface area contributed by atoms with Crippen molar-refractivity contribution in [3.63, 3.8) is 0 Å². The van der Waals surface area contributed by atoms with Gasteiger partial charge in [-0.2, -0.15) is 0 Å². The molecule has 82 valence electrons. The minimum atomic E-state index is -2.59. The van der Waals surface area contributed by atoms with Crippen LogP contribution in [0.2, 0.25) is 5.02 Å². The Kier molecular flexibility index (Phi) is 2.69. The lowest BCUT2D eigenvalue weighted by atomic mass is 10.0. The Morgan fingerprint density at radius 2 is 2.07 bits per heavy atom. The summed E-state index contributed by atoms with van der Waals surface area (Å²) in [4.78, 5) is 0. The molecule has 1 N–H and O–H groups in total. The van der Waals surface area contributed by atoms with Crippen LogP contribution in [0.3, 0.4) is 0 Å². The molecule has 1 aromatic carbocycles. The lowest BCUT2D eigenvalue weighted by Crippen LogP contribution is -2.12. The molecule has 1 aliphatic carbocycles. The second kappa shape index (κ2) is 3.72. The highest BCUT2D eigenvalue weighted by molar-refractivity contribution is 6.31. The van der Waals surface area contributed by atoms with Gasteiger partial charge in [-0.3, -0.25) is 0 Å². The van der Waals surface area contributed by atoms with E-state index in [0.717, 1.165) is 0 Å². The summed E-state index contributed by atoms with van der Waals surface area (Å²) in [5.41, 5.74) is -0.453. The molecule has 1 fully saturated rings. The van der Waals surface area contributed by atoms with Gasteiger partial charge in [-0.05, 0) is 24.5 Å². The molecule has 0 amide bonds. The summed E-state index contributed by atoms with van der Waals surface area (Å²) in [5.74, 6) is 0. The van der Waals surface area contributed by atoms with Crippen LogP contribution in [0.5, 0.6) is 0 Å². The minimum Gasteiger partial charge on any atom is -0.390 e. The van der Waals surface area contributed by atoms with Gasteiger partial charge in [-0.1, -0.05) is 23.7 Å². The molecule has 1 aliphatic rings. The summed E-state index contributed by atoms with van der Waals surface area (Å²) >= 11 is 5.71. The first-order valence-electron chi connectivity index (χ1n) is 4.80. The molecule has 2 rings (SSSR count). The van der Waals surface area contributed by atoms with Crippen molar-refractivity contribution in [2.24, 2.45) is 0 Å². The Balaban J connectivity index is 2.32. The average molecular weight is 233 g/mol. The summed E-state index contributed by atoms with van der Waals surface area (Å²) in [6.07, 6.45) is -0.950. The number of alkyl halides is 2. The van der Waals surface area contributed by atoms with Crippen LogP contribution in [0, 0.1) is 0 Å². The Bertz CT molecular complexity index is 375. The first-order chi connectivity index (χ1) is 7.02. The van der Waals surface area contributed by atoms with Gasteiger partial charge in [0.2, 0.25) is 0 Å². The fourth-order valence-electron chi connectivity index (χ4n) is 1.66. The van der Waals surface area contributed by atoms with Gasteiger partial charge in [-0.25, -0.2) is 8.78 Å². The molecule has 0 heterocycles. The number of hydrogen-bond donors (Lipinski definition) is 1. The third kappa shape index (κ3) is 2.29. The van der Waals surface area contributed by atoms with E-state index >= 15 is 0 Å². The zero-order chi connectivity index (χ0) is 11.1. The van der Waals surface area contributed by atoms with Crippen molar-refractivity contribution in [2.45, 2.75) is 31.3 Å². The van der Waals surface area contributed by atoms with E-state index in [-0.39, 0.29) is 17.0 Å². The molecule has 0 radical (unpaired) electrons. The maximum atomic E-state index is 12.7. The molecule has 0 spiro atoms. The molecule has 1 aromatic rings. The van der Waals surface area contributed by atoms with Crippen molar-refractivity contribution < 1.29 is 13.9 Å². The van der Waals surface area contributed by atoms with Gasteiger partial charge in [0.1, 0.15) is 0 Å². The fourth-order valence-corrected chi connectivity index (χ4v) is 1.93. The molecule has 15 heavy (non-hydrogen) atoms. The third-order valence-corrected chi connectivity index (χ3v) is 3.04. The van der Waals surface area contributed by atoms with E-state index in [1.165, 1.54) is 6.07 Å². The van der Waals surface area contributed by atoms with Crippen LogP contribution in [0.25, 0.3) is 0 Å². The lowest BCUT2D eigenvalue weighted by Gasteiger charge is -2.13. The fraction of sp³-hybridized carbons (Fsp3) is 0.455. The zero-order valence-electron chi connectivity index (χ0n) is 8.01. The predicted molar refractivity (Wildman–Crippen MR) is 54.3 cm³/mol. The molecule has 1 nitrogen and oxygen atoms in total. The van der Waals surface area contributed by atoms with Crippen molar-refractivity contribution >= 4 is 11.6 Å². The number of halogens is 3. The summed E-state index contributed by atoms with van der Waals surface area (Å²) in [6.45, 7) is 0. The van der Waals surface area contributed by atoms with Gasteiger partial charge in [0.15, 0.2) is 0 Å². The van der Waals surface area contributed by atoms with E-state index in [2.05, 4.69) is 0 Å². The van der Waals surface area contributed by atoms with Crippen LogP contribution < -0.4 is 0 Å². The van der Waals surface area contributed by atoms with Crippen LogP contribution in [-0.2, 0) is 6.42 Å². The van der Waals surface area contributed by atoms with E-state index in [1.54, 1.807) is 12.1 Å². The molecular formula is C11H11ClF2O. The SMILES string of the molecule is OC1(Cc2cccc(Cl)c2C(F)F)CC1. The topological polar surface area (TPSA) is 20.2 Å². The summed E-state index contributed by atoms with van der Waals surface area (Å²) in [6, 6.07) is 4.68. The van der Waals surface area contributed by atoms with Crippen LogP contribution in [0.1, 0.15) is 30.4 Å². The lowest BCUT2D eigenvalue weighted by molar-refractivity contribution is 0.138. The highest BCUT2D eigenvalue weighted by Gasteiger charge is 2.41. The normalized spacial score (nSPS) is 18.2. The maximum absolute atomic E-state index is 12.7. The largest absolute Gasteiger partial charge is 0.390 e. The van der Waals surface area contributed by atoms with Gasteiger partial charge >= 0.3 is 0 Å². The summed E-state index contributed by atoms with van der Waals surface area (Å²) < 4.78 is 25.4. The van der Waals surface area contributed by atoms with Gasteiger partial charge in [0, 0.05) is 17.0 Å². The van der Waals surface area contributed by atoms with E-state index in [0.29, 0.717) is 18.4 Å². The van der Waals surface area contributed by atoms with E-state index in [1.807, 2.05) is 0 Å². The van der Waals surface area contributed by atoms with Crippen LogP contribution in [0.4, 0.5) is 8.78 Å². The highest BCUT2D eigenvalue weighted by atomic mass is 35.5. The minimum absolute atomic E-state index is 0.0757. The smallest absolute Gasteiger partial charge is 0.265 e. The second-order valence-electron chi connectivity index (χ2n) is 4.01. The predicted octanol–water partition coefficient (Wildman–Crippen LogP) is 3.35. The van der Waals surface area contributed by atoms with Gasteiger partial charge in [0.25, 0.3) is 6.43 Å². The van der Waals surface area contributed by atoms with Gasteiger partial charge in [0.05, 0.1) is 5.60 Å². The number of benzene rings is 1. The van der Waals surface area contributed by atoms with Crippen LogP contribution >= 0.6 is 11.6 Å². The second-order valence-corrected chi connectivity index (χ2v) is 4.42. The monoisotopic (exact) mass is 232 g/mol. The standard InChI is InChI=1S/C11H11ClF2O/c12-8-3-1-2-7(9(8)10(13)14)6-11(15)4-5-11/h1-3,10,15H,4-6H2. The Hall–Kier alpha value is -0.670. The number of aliphatic hydroxyl groups is 1. The molecule has 0 aliphatic heterocycles. The molecule has 0 bridgehead atoms. The van der Waals surface area contributed by atoms with Crippen molar-refractivity contribution in [1.82, 2.24) is 0 Å². The Labute approximate surface area is 91.7 Å². The van der Waals surface area contributed by atoms with Crippen molar-refractivity contribution in [2.75, 3.05) is 0 Å². The van der Waals surface area contributed by atoms with Gasteiger partial charge < -0.3 is 5.11 Å². The molecule has 0 unspecified atom stereocenters. The number of hydrogen-bond acceptors (Lipinski definition) is 1. The average Bonchev–Trinajstić information content (AvgIpc) is 2.82. The molecule has 0 atom stereocenters. The maximum Gasteiger partial charge on any atom is 0.265 e. The first-order valence-corrected chi connectivity index (χ1v) is 5.17. The van der Waals surface area contributed by atoms with Crippen molar-refractivity contribution in [3.05, 3.63) is 34.3 Å². The van der Waals surface area contributed by atoms with E-state index in [9.17, 15) is 13.9 Å². The third-order valence-electron chi connectivity index (χ3n) is 2.71. The van der Waals surface area contributed by atoms with E-state index < -0.39 is 12.0 Å². The van der Waals surface area contributed by atoms with E-state index in [4.69, 9.17) is 11.6 Å². The number of rotatable bonds is 3. The molecule has 0 saturated heterocycles. The molecular weight excluding hydrogens is 222 g/mol. The summed E-state index contributed by atoms with van der Waals surface area (Å²) in [7, 11) is 0. The van der Waals surface area contributed by atoms with Crippen LogP contribution in [0.15, 0.2) is 18.2 Å².